The van der Waals surface area contributed by atoms with Crippen LogP contribution in [0.5, 0.6) is 0 Å². The van der Waals surface area contributed by atoms with Gasteiger partial charge in [-0.2, -0.15) is 13.2 Å². The number of alkyl halides is 3. The lowest BCUT2D eigenvalue weighted by molar-refractivity contribution is -0.137. The largest absolute Gasteiger partial charge is 0.417 e. The summed E-state index contributed by atoms with van der Waals surface area (Å²) < 4.78 is 37.4. The second kappa shape index (κ2) is 4.93. The maximum atomic E-state index is 12.5. The van der Waals surface area contributed by atoms with Gasteiger partial charge < -0.3 is 10.6 Å². The summed E-state index contributed by atoms with van der Waals surface area (Å²) in [6.07, 6.45) is -1.82. The van der Waals surface area contributed by atoms with E-state index in [4.69, 9.17) is 17.3 Å². The Morgan fingerprint density at radius 2 is 2.17 bits per heavy atom. The van der Waals surface area contributed by atoms with Crippen LogP contribution >= 0.6 is 11.6 Å². The maximum absolute atomic E-state index is 12.5. The minimum atomic E-state index is -4.42. The summed E-state index contributed by atoms with van der Waals surface area (Å²) in [7, 11) is 0. The molecule has 0 bridgehead atoms. The molecule has 2 heterocycles. The molecule has 1 aliphatic heterocycles. The minimum absolute atomic E-state index is 0.0129. The van der Waals surface area contributed by atoms with Crippen molar-refractivity contribution in [2.45, 2.75) is 25.1 Å². The lowest BCUT2D eigenvalue weighted by atomic mass is 10.1. The van der Waals surface area contributed by atoms with Gasteiger partial charge in [0, 0.05) is 25.3 Å². The Labute approximate surface area is 108 Å². The highest BCUT2D eigenvalue weighted by atomic mass is 35.5. The van der Waals surface area contributed by atoms with Crippen molar-refractivity contribution in [2.75, 3.05) is 18.0 Å². The third-order valence-electron chi connectivity index (χ3n) is 2.91. The van der Waals surface area contributed by atoms with E-state index in [-0.39, 0.29) is 11.1 Å². The van der Waals surface area contributed by atoms with E-state index in [1.54, 1.807) is 0 Å². The molecule has 0 spiro atoms. The quantitative estimate of drug-likeness (QED) is 0.859. The molecule has 1 atom stereocenters. The number of anilines is 1. The number of nitrogens with zero attached hydrogens (tertiary/aromatic N) is 2. The van der Waals surface area contributed by atoms with Gasteiger partial charge in [-0.1, -0.05) is 11.6 Å². The molecule has 1 aromatic rings. The number of hydrogen-bond donors (Lipinski definition) is 1. The van der Waals surface area contributed by atoms with Gasteiger partial charge in [0.25, 0.3) is 0 Å². The van der Waals surface area contributed by atoms with Crippen LogP contribution in [0.1, 0.15) is 18.4 Å². The molecule has 1 aromatic heterocycles. The number of piperidine rings is 1. The third-order valence-corrected chi connectivity index (χ3v) is 3.18. The van der Waals surface area contributed by atoms with Crippen LogP contribution in [0.3, 0.4) is 0 Å². The van der Waals surface area contributed by atoms with E-state index < -0.39 is 11.7 Å². The van der Waals surface area contributed by atoms with Crippen LogP contribution in [0.2, 0.25) is 5.02 Å². The van der Waals surface area contributed by atoms with Crippen molar-refractivity contribution < 1.29 is 13.2 Å². The van der Waals surface area contributed by atoms with Gasteiger partial charge in [0.1, 0.15) is 5.82 Å². The fraction of sp³-hybridized carbons (Fsp3) is 0.545. The van der Waals surface area contributed by atoms with Crippen molar-refractivity contribution in [3.05, 3.63) is 22.8 Å². The molecular formula is C11H13ClF3N3. The van der Waals surface area contributed by atoms with Gasteiger partial charge in [0.05, 0.1) is 10.6 Å². The number of hydrogen-bond acceptors (Lipinski definition) is 3. The summed E-state index contributed by atoms with van der Waals surface area (Å²) in [5, 5.41) is 0.0129. The molecular weight excluding hydrogens is 267 g/mol. The Kier molecular flexibility index (Phi) is 3.68. The highest BCUT2D eigenvalue weighted by molar-refractivity contribution is 6.33. The molecule has 0 aromatic carbocycles. The summed E-state index contributed by atoms with van der Waals surface area (Å²) in [5.41, 5.74) is 4.98. The summed E-state index contributed by atoms with van der Waals surface area (Å²) in [6.45, 7) is 1.28. The lowest BCUT2D eigenvalue weighted by Gasteiger charge is -2.32. The van der Waals surface area contributed by atoms with Gasteiger partial charge >= 0.3 is 6.18 Å². The van der Waals surface area contributed by atoms with Crippen LogP contribution in [-0.2, 0) is 6.18 Å². The van der Waals surface area contributed by atoms with Gasteiger partial charge in [0.2, 0.25) is 0 Å². The predicted octanol–water partition coefficient (Wildman–Crippen LogP) is 2.68. The molecule has 1 saturated heterocycles. The summed E-state index contributed by atoms with van der Waals surface area (Å²) >= 11 is 5.87. The molecule has 100 valence electrons. The molecule has 1 aliphatic rings. The second-order valence-electron chi connectivity index (χ2n) is 4.38. The van der Waals surface area contributed by atoms with Gasteiger partial charge in [-0.3, -0.25) is 0 Å². The van der Waals surface area contributed by atoms with E-state index in [1.807, 2.05) is 4.90 Å². The summed E-state index contributed by atoms with van der Waals surface area (Å²) in [4.78, 5) is 5.65. The number of rotatable bonds is 1. The molecule has 1 unspecified atom stereocenters. The van der Waals surface area contributed by atoms with E-state index in [9.17, 15) is 13.2 Å². The van der Waals surface area contributed by atoms with Crippen LogP contribution in [0.25, 0.3) is 0 Å². The molecule has 18 heavy (non-hydrogen) atoms. The van der Waals surface area contributed by atoms with Crippen molar-refractivity contribution in [3.63, 3.8) is 0 Å². The fourth-order valence-electron chi connectivity index (χ4n) is 2.02. The number of pyridine rings is 1. The predicted molar refractivity (Wildman–Crippen MR) is 63.7 cm³/mol. The smallest absolute Gasteiger partial charge is 0.354 e. The van der Waals surface area contributed by atoms with Crippen LogP contribution in [0, 0.1) is 0 Å². The molecule has 0 aliphatic carbocycles. The zero-order chi connectivity index (χ0) is 13.3. The molecule has 1 fully saturated rings. The molecule has 0 radical (unpaired) electrons. The Balaban J connectivity index is 2.24. The Morgan fingerprint density at radius 1 is 1.44 bits per heavy atom. The fourth-order valence-corrected chi connectivity index (χ4v) is 2.31. The standard InChI is InChI=1S/C11H13ClF3N3/c12-9-4-7(11(13,14)15)5-17-10(9)18-3-1-2-8(16)6-18/h4-5,8H,1-3,6,16H2. The molecule has 0 amide bonds. The van der Waals surface area contributed by atoms with Crippen LogP contribution in [0.4, 0.5) is 19.0 Å². The van der Waals surface area contributed by atoms with E-state index in [2.05, 4.69) is 4.98 Å². The van der Waals surface area contributed by atoms with Gasteiger partial charge in [-0.25, -0.2) is 4.98 Å². The Hall–Kier alpha value is -1.01. The first-order valence-electron chi connectivity index (χ1n) is 5.61. The first-order valence-corrected chi connectivity index (χ1v) is 5.99. The first-order chi connectivity index (χ1) is 8.38. The summed E-state index contributed by atoms with van der Waals surface area (Å²) in [5.74, 6) is 0.375. The highest BCUT2D eigenvalue weighted by Crippen LogP contribution is 2.34. The van der Waals surface area contributed by atoms with E-state index in [1.165, 1.54) is 0 Å². The number of nitrogens with two attached hydrogens (primary N) is 1. The van der Waals surface area contributed by atoms with Gasteiger partial charge in [0.15, 0.2) is 0 Å². The average Bonchev–Trinajstić information content (AvgIpc) is 2.27. The highest BCUT2D eigenvalue weighted by Gasteiger charge is 2.32. The van der Waals surface area contributed by atoms with Crippen molar-refractivity contribution in [2.24, 2.45) is 5.73 Å². The van der Waals surface area contributed by atoms with E-state index in [0.29, 0.717) is 18.9 Å². The topological polar surface area (TPSA) is 42.1 Å². The van der Waals surface area contributed by atoms with Crippen LogP contribution in [-0.4, -0.2) is 24.1 Å². The van der Waals surface area contributed by atoms with Crippen molar-refractivity contribution in [3.8, 4) is 0 Å². The van der Waals surface area contributed by atoms with Crippen molar-refractivity contribution >= 4 is 17.4 Å². The first kappa shape index (κ1) is 13.4. The SMILES string of the molecule is NC1CCCN(c2ncc(C(F)(F)F)cc2Cl)C1. The maximum Gasteiger partial charge on any atom is 0.417 e. The zero-order valence-corrected chi connectivity index (χ0v) is 10.3. The summed E-state index contributed by atoms with van der Waals surface area (Å²) in [6, 6.07) is 0.920. The van der Waals surface area contributed by atoms with Crippen LogP contribution in [0.15, 0.2) is 12.3 Å². The van der Waals surface area contributed by atoms with Crippen molar-refractivity contribution in [1.82, 2.24) is 4.98 Å². The van der Waals surface area contributed by atoms with E-state index in [0.717, 1.165) is 25.1 Å². The van der Waals surface area contributed by atoms with Gasteiger partial charge in [-0.05, 0) is 18.9 Å². The molecule has 2 N–H and O–H groups in total. The van der Waals surface area contributed by atoms with E-state index >= 15 is 0 Å². The zero-order valence-electron chi connectivity index (χ0n) is 9.54. The lowest BCUT2D eigenvalue weighted by Crippen LogP contribution is -2.43. The molecule has 7 heteroatoms. The molecule has 0 saturated carbocycles. The number of halogens is 4. The Bertz CT molecular complexity index is 436. The monoisotopic (exact) mass is 279 g/mol. The molecule has 3 nitrogen and oxygen atoms in total. The second-order valence-corrected chi connectivity index (χ2v) is 4.78. The Morgan fingerprint density at radius 3 is 2.72 bits per heavy atom. The third kappa shape index (κ3) is 2.87. The molecule has 2 rings (SSSR count). The van der Waals surface area contributed by atoms with Crippen LogP contribution < -0.4 is 10.6 Å². The van der Waals surface area contributed by atoms with Crippen molar-refractivity contribution in [1.29, 1.82) is 0 Å². The average molecular weight is 280 g/mol. The minimum Gasteiger partial charge on any atom is -0.354 e. The number of aromatic nitrogens is 1. The van der Waals surface area contributed by atoms with Gasteiger partial charge in [-0.15, -0.1) is 0 Å². The normalized spacial score (nSPS) is 21.2.